The van der Waals surface area contributed by atoms with Crippen molar-refractivity contribution in [2.75, 3.05) is 19.4 Å². The first-order valence-corrected chi connectivity index (χ1v) is 7.64. The number of hydrogen-bond acceptors (Lipinski definition) is 4. The molecule has 0 spiro atoms. The maximum atomic E-state index is 11.8. The number of likely N-dealkylation sites (N-methyl/N-ethyl adjacent to an activating group) is 1. The van der Waals surface area contributed by atoms with Crippen molar-refractivity contribution >= 4 is 17.7 Å². The summed E-state index contributed by atoms with van der Waals surface area (Å²) in [6.45, 7) is 6.72. The zero-order valence-corrected chi connectivity index (χ0v) is 13.0. The van der Waals surface area contributed by atoms with E-state index in [1.807, 2.05) is 13.8 Å². The zero-order chi connectivity index (χ0) is 14.3. The average molecular weight is 281 g/mol. The van der Waals surface area contributed by atoms with Gasteiger partial charge in [0.25, 0.3) is 0 Å². The first kappa shape index (κ1) is 16.1. The van der Waals surface area contributed by atoms with E-state index >= 15 is 0 Å². The highest BCUT2D eigenvalue weighted by molar-refractivity contribution is 7.98. The number of hydrogen-bond donors (Lipinski definition) is 1. The number of aryl methyl sites for hydroxylation is 1. The molecule has 0 bridgehead atoms. The van der Waals surface area contributed by atoms with Gasteiger partial charge in [0.2, 0.25) is 0 Å². The minimum atomic E-state index is -0.613. The van der Waals surface area contributed by atoms with Crippen LogP contribution in [0.3, 0.4) is 0 Å². The van der Waals surface area contributed by atoms with Gasteiger partial charge in [-0.3, -0.25) is 4.79 Å². The largest absolute Gasteiger partial charge is 0.468 e. The van der Waals surface area contributed by atoms with Gasteiger partial charge in [-0.05, 0) is 26.0 Å². The van der Waals surface area contributed by atoms with Crippen LogP contribution in [0.2, 0.25) is 0 Å². The Morgan fingerprint density at radius 3 is 2.79 bits per heavy atom. The molecule has 106 valence electrons. The minimum Gasteiger partial charge on any atom is -0.468 e. The van der Waals surface area contributed by atoms with Crippen molar-refractivity contribution in [2.24, 2.45) is 0 Å². The number of ether oxygens (including phenoxy) is 1. The molecule has 0 aliphatic heterocycles. The van der Waals surface area contributed by atoms with Crippen molar-refractivity contribution in [3.05, 3.63) is 35.4 Å². The third kappa shape index (κ3) is 4.88. The van der Waals surface area contributed by atoms with E-state index in [-0.39, 0.29) is 5.97 Å². The topological polar surface area (TPSA) is 38.3 Å². The molecule has 0 heterocycles. The van der Waals surface area contributed by atoms with Crippen LogP contribution in [0.25, 0.3) is 0 Å². The summed E-state index contributed by atoms with van der Waals surface area (Å²) < 4.78 is 4.88. The van der Waals surface area contributed by atoms with Crippen LogP contribution in [0, 0.1) is 6.92 Å². The van der Waals surface area contributed by atoms with Crippen LogP contribution in [0.1, 0.15) is 25.0 Å². The monoisotopic (exact) mass is 281 g/mol. The van der Waals surface area contributed by atoms with Gasteiger partial charge in [0.05, 0.1) is 7.11 Å². The van der Waals surface area contributed by atoms with Crippen LogP contribution >= 0.6 is 11.8 Å². The van der Waals surface area contributed by atoms with Gasteiger partial charge in [-0.25, -0.2) is 0 Å². The Labute approximate surface area is 120 Å². The summed E-state index contributed by atoms with van der Waals surface area (Å²) in [5, 5.41) is 3.21. The van der Waals surface area contributed by atoms with E-state index in [0.29, 0.717) is 5.75 Å². The fraction of sp³-hybridized carbons (Fsp3) is 0.533. The lowest BCUT2D eigenvalue weighted by Gasteiger charge is -2.27. The molecule has 1 aromatic carbocycles. The molecule has 1 atom stereocenters. The van der Waals surface area contributed by atoms with Gasteiger partial charge in [-0.1, -0.05) is 36.8 Å². The van der Waals surface area contributed by atoms with Gasteiger partial charge in [0, 0.05) is 11.5 Å². The van der Waals surface area contributed by atoms with Gasteiger partial charge in [0.1, 0.15) is 5.54 Å². The van der Waals surface area contributed by atoms with Crippen LogP contribution in [0.4, 0.5) is 0 Å². The molecule has 1 aromatic rings. The first-order valence-electron chi connectivity index (χ1n) is 6.48. The number of thioether (sulfide) groups is 1. The fourth-order valence-electron chi connectivity index (χ4n) is 1.97. The normalized spacial score (nSPS) is 13.9. The molecule has 0 fully saturated rings. The van der Waals surface area contributed by atoms with Crippen molar-refractivity contribution in [2.45, 2.75) is 32.1 Å². The molecular weight excluding hydrogens is 258 g/mol. The Balaban J connectivity index is 2.55. The van der Waals surface area contributed by atoms with E-state index in [2.05, 4.69) is 36.5 Å². The second-order valence-electron chi connectivity index (χ2n) is 4.84. The van der Waals surface area contributed by atoms with E-state index in [0.717, 1.165) is 12.3 Å². The van der Waals surface area contributed by atoms with Gasteiger partial charge >= 0.3 is 5.97 Å². The number of rotatable bonds is 7. The third-order valence-electron chi connectivity index (χ3n) is 2.94. The molecule has 0 amide bonds. The lowest BCUT2D eigenvalue weighted by Crippen LogP contribution is -2.52. The molecule has 19 heavy (non-hydrogen) atoms. The summed E-state index contributed by atoms with van der Waals surface area (Å²) in [7, 11) is 1.43. The number of carbonyl (C=O) groups is 1. The van der Waals surface area contributed by atoms with Gasteiger partial charge in [0.15, 0.2) is 0 Å². The SMILES string of the molecule is CCNC(C)(CSCc1cccc(C)c1)C(=O)OC. The number of methoxy groups -OCH3 is 1. The molecule has 1 N–H and O–H groups in total. The second-order valence-corrected chi connectivity index (χ2v) is 5.82. The van der Waals surface area contributed by atoms with Crippen molar-refractivity contribution in [1.82, 2.24) is 5.32 Å². The lowest BCUT2D eigenvalue weighted by molar-refractivity contribution is -0.146. The predicted octanol–water partition coefficient (Wildman–Crippen LogP) is 2.77. The highest BCUT2D eigenvalue weighted by atomic mass is 32.2. The Bertz CT molecular complexity index is 422. The molecule has 0 aliphatic rings. The van der Waals surface area contributed by atoms with E-state index in [9.17, 15) is 4.79 Å². The number of esters is 1. The first-order chi connectivity index (χ1) is 9.01. The van der Waals surface area contributed by atoms with Gasteiger partial charge in [-0.15, -0.1) is 0 Å². The van der Waals surface area contributed by atoms with E-state index in [4.69, 9.17) is 4.74 Å². The molecule has 0 saturated carbocycles. The molecule has 0 aromatic heterocycles. The van der Waals surface area contributed by atoms with Crippen LogP contribution in [0.15, 0.2) is 24.3 Å². The van der Waals surface area contributed by atoms with Crippen LogP contribution < -0.4 is 5.32 Å². The molecule has 4 heteroatoms. The quantitative estimate of drug-likeness (QED) is 0.780. The molecule has 1 unspecified atom stereocenters. The third-order valence-corrected chi connectivity index (χ3v) is 4.26. The van der Waals surface area contributed by atoms with Crippen molar-refractivity contribution < 1.29 is 9.53 Å². The Morgan fingerprint density at radius 2 is 2.21 bits per heavy atom. The maximum Gasteiger partial charge on any atom is 0.326 e. The molecule has 3 nitrogen and oxygen atoms in total. The Morgan fingerprint density at radius 1 is 1.47 bits per heavy atom. The predicted molar refractivity (Wildman–Crippen MR) is 81.4 cm³/mol. The number of carbonyl (C=O) groups excluding carboxylic acids is 1. The molecule has 0 radical (unpaired) electrons. The van der Waals surface area contributed by atoms with E-state index in [1.165, 1.54) is 18.2 Å². The van der Waals surface area contributed by atoms with Crippen LogP contribution in [-0.2, 0) is 15.3 Å². The summed E-state index contributed by atoms with van der Waals surface area (Å²) in [6, 6.07) is 8.44. The summed E-state index contributed by atoms with van der Waals surface area (Å²) in [4.78, 5) is 11.8. The Hall–Kier alpha value is -1.00. The standard InChI is InChI=1S/C15H23NO2S/c1-5-16-15(3,14(17)18-4)11-19-10-13-8-6-7-12(2)9-13/h6-9,16H,5,10-11H2,1-4H3. The molecular formula is C15H23NO2S. The van der Waals surface area contributed by atoms with E-state index in [1.54, 1.807) is 11.8 Å². The smallest absolute Gasteiger partial charge is 0.326 e. The number of benzene rings is 1. The minimum absolute atomic E-state index is 0.203. The van der Waals surface area contributed by atoms with Gasteiger partial charge < -0.3 is 10.1 Å². The van der Waals surface area contributed by atoms with Crippen molar-refractivity contribution in [3.8, 4) is 0 Å². The average Bonchev–Trinajstić information content (AvgIpc) is 2.38. The highest BCUT2D eigenvalue weighted by Crippen LogP contribution is 2.20. The van der Waals surface area contributed by atoms with Gasteiger partial charge in [-0.2, -0.15) is 11.8 Å². The number of nitrogens with one attached hydrogen (secondary N) is 1. The maximum absolute atomic E-state index is 11.8. The fourth-order valence-corrected chi connectivity index (χ4v) is 3.12. The molecule has 0 aliphatic carbocycles. The summed E-state index contributed by atoms with van der Waals surface area (Å²) in [5.74, 6) is 1.40. The Kier molecular flexibility index (Phi) is 6.38. The zero-order valence-electron chi connectivity index (χ0n) is 12.2. The van der Waals surface area contributed by atoms with Crippen LogP contribution in [0.5, 0.6) is 0 Å². The van der Waals surface area contributed by atoms with Crippen molar-refractivity contribution in [3.63, 3.8) is 0 Å². The summed E-state index contributed by atoms with van der Waals surface area (Å²) >= 11 is 1.74. The summed E-state index contributed by atoms with van der Waals surface area (Å²) in [6.07, 6.45) is 0. The second kappa shape index (κ2) is 7.56. The highest BCUT2D eigenvalue weighted by Gasteiger charge is 2.33. The van der Waals surface area contributed by atoms with Crippen LogP contribution in [-0.4, -0.2) is 30.9 Å². The molecule has 0 saturated heterocycles. The van der Waals surface area contributed by atoms with Crippen molar-refractivity contribution in [1.29, 1.82) is 0 Å². The lowest BCUT2D eigenvalue weighted by atomic mass is 10.1. The summed E-state index contributed by atoms with van der Waals surface area (Å²) in [5.41, 5.74) is 1.94. The van der Waals surface area contributed by atoms with E-state index < -0.39 is 5.54 Å². The molecule has 1 rings (SSSR count).